The maximum Gasteiger partial charge on any atom is 0.338 e. The van der Waals surface area contributed by atoms with E-state index in [1.165, 1.54) is 21.3 Å². The molecule has 1 aromatic rings. The molecule has 0 aliphatic carbocycles. The van der Waals surface area contributed by atoms with Crippen LogP contribution in [0.2, 0.25) is 0 Å². The standard InChI is InChI=1S/C21H26N2O6/c1-6-8-14-18(21(24)28-7-2)17(13(11-22)20(23)29-14)12-9-15(25-3)19(27-5)16(10-12)26-4/h9-10,17H,6-8,23H2,1-5H3/t17-/m1/s1. The quantitative estimate of drug-likeness (QED) is 0.660. The van der Waals surface area contributed by atoms with Gasteiger partial charge in [0.05, 0.1) is 39.4 Å². The van der Waals surface area contributed by atoms with E-state index in [1.54, 1.807) is 19.1 Å². The SMILES string of the molecule is CCCC1=C(C(=O)OCC)[C@H](c2cc(OC)c(OC)c(OC)c2)C(C#N)=C(N)O1. The van der Waals surface area contributed by atoms with Gasteiger partial charge in [0.25, 0.3) is 0 Å². The monoisotopic (exact) mass is 402 g/mol. The molecule has 1 aliphatic heterocycles. The van der Waals surface area contributed by atoms with Crippen LogP contribution in [0.3, 0.4) is 0 Å². The van der Waals surface area contributed by atoms with E-state index in [0.717, 1.165) is 6.42 Å². The van der Waals surface area contributed by atoms with Crippen LogP contribution in [0, 0.1) is 11.3 Å². The van der Waals surface area contributed by atoms with Crippen molar-refractivity contribution in [1.29, 1.82) is 5.26 Å². The van der Waals surface area contributed by atoms with E-state index in [2.05, 4.69) is 6.07 Å². The third kappa shape index (κ3) is 4.24. The first kappa shape index (κ1) is 22.0. The van der Waals surface area contributed by atoms with E-state index < -0.39 is 11.9 Å². The molecule has 0 radical (unpaired) electrons. The number of methoxy groups -OCH3 is 3. The fourth-order valence-corrected chi connectivity index (χ4v) is 3.26. The Hall–Kier alpha value is -3.34. The Kier molecular flexibility index (Phi) is 7.37. The summed E-state index contributed by atoms with van der Waals surface area (Å²) in [6, 6.07) is 5.44. The van der Waals surface area contributed by atoms with E-state index in [9.17, 15) is 10.1 Å². The van der Waals surface area contributed by atoms with Gasteiger partial charge in [0.1, 0.15) is 17.4 Å². The van der Waals surface area contributed by atoms with Crippen LogP contribution < -0.4 is 19.9 Å². The van der Waals surface area contributed by atoms with E-state index in [1.807, 2.05) is 6.92 Å². The maximum absolute atomic E-state index is 12.8. The van der Waals surface area contributed by atoms with Crippen LogP contribution in [0.15, 0.2) is 34.9 Å². The first-order valence-corrected chi connectivity index (χ1v) is 9.24. The lowest BCUT2D eigenvalue weighted by Crippen LogP contribution is -2.26. The minimum absolute atomic E-state index is 0.0391. The van der Waals surface area contributed by atoms with Crippen LogP contribution in [-0.2, 0) is 14.3 Å². The number of carbonyl (C=O) groups excluding carboxylic acids is 1. The molecule has 1 heterocycles. The predicted molar refractivity (Wildman–Crippen MR) is 105 cm³/mol. The molecule has 1 atom stereocenters. The summed E-state index contributed by atoms with van der Waals surface area (Å²) in [6.45, 7) is 3.85. The van der Waals surface area contributed by atoms with Gasteiger partial charge in [0.15, 0.2) is 11.5 Å². The Morgan fingerprint density at radius 2 is 1.79 bits per heavy atom. The van der Waals surface area contributed by atoms with Crippen molar-refractivity contribution in [3.63, 3.8) is 0 Å². The molecule has 0 spiro atoms. The van der Waals surface area contributed by atoms with Gasteiger partial charge in [0, 0.05) is 6.42 Å². The van der Waals surface area contributed by atoms with Crippen molar-refractivity contribution in [2.75, 3.05) is 27.9 Å². The van der Waals surface area contributed by atoms with Crippen LogP contribution in [-0.4, -0.2) is 33.9 Å². The summed E-state index contributed by atoms with van der Waals surface area (Å²) in [5.41, 5.74) is 6.96. The molecule has 156 valence electrons. The highest BCUT2D eigenvalue weighted by Gasteiger charge is 2.38. The normalized spacial score (nSPS) is 16.1. The number of nitriles is 1. The fraction of sp³-hybridized carbons (Fsp3) is 0.429. The number of allylic oxidation sites excluding steroid dienone is 2. The van der Waals surface area contributed by atoms with Gasteiger partial charge in [-0.05, 0) is 31.0 Å². The van der Waals surface area contributed by atoms with E-state index >= 15 is 0 Å². The predicted octanol–water partition coefficient (Wildman–Crippen LogP) is 3.14. The molecular weight excluding hydrogens is 376 g/mol. The number of rotatable bonds is 8. The molecule has 1 aromatic carbocycles. The van der Waals surface area contributed by atoms with Gasteiger partial charge in [-0.15, -0.1) is 0 Å². The first-order valence-electron chi connectivity index (χ1n) is 9.24. The summed E-state index contributed by atoms with van der Waals surface area (Å²) in [7, 11) is 4.48. The van der Waals surface area contributed by atoms with Crippen molar-refractivity contribution >= 4 is 5.97 Å². The zero-order valence-corrected chi connectivity index (χ0v) is 17.3. The zero-order chi connectivity index (χ0) is 21.6. The number of carbonyl (C=O) groups is 1. The first-order chi connectivity index (χ1) is 14.0. The Morgan fingerprint density at radius 1 is 1.17 bits per heavy atom. The van der Waals surface area contributed by atoms with Gasteiger partial charge in [-0.25, -0.2) is 4.79 Å². The van der Waals surface area contributed by atoms with Crippen molar-refractivity contribution in [3.8, 4) is 23.3 Å². The fourth-order valence-electron chi connectivity index (χ4n) is 3.26. The summed E-state index contributed by atoms with van der Waals surface area (Å²) in [6.07, 6.45) is 1.18. The number of nitrogens with two attached hydrogens (primary N) is 1. The molecule has 0 fully saturated rings. The molecule has 0 saturated heterocycles. The topological polar surface area (TPSA) is 113 Å². The summed E-state index contributed by atoms with van der Waals surface area (Å²) < 4.78 is 27.1. The molecule has 0 amide bonds. The summed E-state index contributed by atoms with van der Waals surface area (Å²) in [5.74, 6) is 0.188. The highest BCUT2D eigenvalue weighted by atomic mass is 16.5. The van der Waals surface area contributed by atoms with Crippen molar-refractivity contribution in [2.24, 2.45) is 5.73 Å². The van der Waals surface area contributed by atoms with Crippen LogP contribution >= 0.6 is 0 Å². The minimum Gasteiger partial charge on any atom is -0.493 e. The lowest BCUT2D eigenvalue weighted by atomic mass is 9.82. The van der Waals surface area contributed by atoms with Crippen molar-refractivity contribution in [3.05, 3.63) is 40.5 Å². The minimum atomic E-state index is -0.789. The highest BCUT2D eigenvalue weighted by Crippen LogP contribution is 2.46. The van der Waals surface area contributed by atoms with Crippen molar-refractivity contribution < 1.29 is 28.5 Å². The molecule has 2 rings (SSSR count). The van der Waals surface area contributed by atoms with Gasteiger partial charge in [0.2, 0.25) is 11.6 Å². The second kappa shape index (κ2) is 9.73. The molecule has 8 heteroatoms. The number of hydrogen-bond acceptors (Lipinski definition) is 8. The molecule has 0 bridgehead atoms. The Labute approximate surface area is 170 Å². The molecule has 0 aromatic heterocycles. The van der Waals surface area contributed by atoms with E-state index in [0.29, 0.717) is 35.0 Å². The van der Waals surface area contributed by atoms with Gasteiger partial charge in [-0.3, -0.25) is 0 Å². The van der Waals surface area contributed by atoms with Gasteiger partial charge >= 0.3 is 5.97 Å². The summed E-state index contributed by atoms with van der Waals surface area (Å²) >= 11 is 0. The number of nitrogens with zero attached hydrogens (tertiary/aromatic N) is 1. The second-order valence-corrected chi connectivity index (χ2v) is 6.19. The Morgan fingerprint density at radius 3 is 2.24 bits per heavy atom. The zero-order valence-electron chi connectivity index (χ0n) is 17.3. The van der Waals surface area contributed by atoms with E-state index in [4.69, 9.17) is 29.4 Å². The number of ether oxygens (including phenoxy) is 5. The van der Waals surface area contributed by atoms with E-state index in [-0.39, 0.29) is 23.6 Å². The Bertz CT molecular complexity index is 857. The third-order valence-corrected chi connectivity index (χ3v) is 4.49. The van der Waals surface area contributed by atoms with Crippen molar-refractivity contribution in [1.82, 2.24) is 0 Å². The average Bonchev–Trinajstić information content (AvgIpc) is 2.72. The van der Waals surface area contributed by atoms with Crippen molar-refractivity contribution in [2.45, 2.75) is 32.6 Å². The van der Waals surface area contributed by atoms with Crippen LogP contribution in [0.25, 0.3) is 0 Å². The molecule has 29 heavy (non-hydrogen) atoms. The molecule has 1 aliphatic rings. The van der Waals surface area contributed by atoms with Crippen LogP contribution in [0.1, 0.15) is 38.2 Å². The lowest BCUT2D eigenvalue weighted by molar-refractivity contribution is -0.139. The highest BCUT2D eigenvalue weighted by molar-refractivity contribution is 5.92. The number of benzene rings is 1. The van der Waals surface area contributed by atoms with Gasteiger partial charge < -0.3 is 29.4 Å². The number of hydrogen-bond donors (Lipinski definition) is 1. The van der Waals surface area contributed by atoms with Crippen LogP contribution in [0.4, 0.5) is 0 Å². The molecule has 8 nitrogen and oxygen atoms in total. The Balaban J connectivity index is 2.79. The van der Waals surface area contributed by atoms with Crippen LogP contribution in [0.5, 0.6) is 17.2 Å². The molecular formula is C21H26N2O6. The number of esters is 1. The smallest absolute Gasteiger partial charge is 0.338 e. The molecule has 0 saturated carbocycles. The second-order valence-electron chi connectivity index (χ2n) is 6.19. The summed E-state index contributed by atoms with van der Waals surface area (Å²) in [5, 5.41) is 9.76. The maximum atomic E-state index is 12.8. The van der Waals surface area contributed by atoms with Gasteiger partial charge in [-0.2, -0.15) is 5.26 Å². The van der Waals surface area contributed by atoms with Gasteiger partial charge in [-0.1, -0.05) is 6.92 Å². The summed E-state index contributed by atoms with van der Waals surface area (Å²) in [4.78, 5) is 12.8. The largest absolute Gasteiger partial charge is 0.493 e. The lowest BCUT2D eigenvalue weighted by Gasteiger charge is -2.28. The third-order valence-electron chi connectivity index (χ3n) is 4.49. The average molecular weight is 402 g/mol. The molecule has 2 N–H and O–H groups in total. The molecule has 0 unspecified atom stereocenters.